The first kappa shape index (κ1) is 15.6. The monoisotopic (exact) mass is 332 g/mol. The van der Waals surface area contributed by atoms with Crippen LogP contribution in [0, 0.1) is 5.82 Å². The van der Waals surface area contributed by atoms with Crippen molar-refractivity contribution in [3.63, 3.8) is 0 Å². The van der Waals surface area contributed by atoms with E-state index in [1.807, 2.05) is 0 Å². The first-order valence-electron chi connectivity index (χ1n) is 7.27. The van der Waals surface area contributed by atoms with Gasteiger partial charge in [0.1, 0.15) is 10.8 Å². The highest BCUT2D eigenvalue weighted by Gasteiger charge is 2.23. The number of methoxy groups -OCH3 is 1. The zero-order valence-corrected chi connectivity index (χ0v) is 13.5. The van der Waals surface area contributed by atoms with E-state index in [9.17, 15) is 9.18 Å². The Bertz CT molecular complexity index is 736. The first-order valence-corrected chi connectivity index (χ1v) is 8.09. The van der Waals surface area contributed by atoms with Crippen molar-refractivity contribution in [1.82, 2.24) is 5.32 Å². The molecule has 6 heteroatoms. The Labute approximate surface area is 138 Å². The number of hydrogen-bond acceptors (Lipinski definition) is 5. The number of carbonyl (C=O) groups is 1. The van der Waals surface area contributed by atoms with Crippen molar-refractivity contribution >= 4 is 22.3 Å². The average molecular weight is 332 g/mol. The van der Waals surface area contributed by atoms with Crippen molar-refractivity contribution in [1.29, 1.82) is 0 Å². The lowest BCUT2D eigenvalue weighted by Gasteiger charge is -2.10. The molecule has 0 saturated heterocycles. The highest BCUT2D eigenvalue weighted by molar-refractivity contribution is 7.19. The molecule has 0 atom stereocenters. The summed E-state index contributed by atoms with van der Waals surface area (Å²) < 4.78 is 17.9. The molecule has 0 spiro atoms. The van der Waals surface area contributed by atoms with Crippen LogP contribution in [0.3, 0.4) is 0 Å². The molecule has 2 N–H and O–H groups in total. The number of halogens is 1. The molecule has 1 heterocycles. The lowest BCUT2D eigenvalue weighted by atomic mass is 10.1. The molecule has 0 radical (unpaired) electrons. The van der Waals surface area contributed by atoms with Crippen molar-refractivity contribution in [2.75, 3.05) is 12.4 Å². The second kappa shape index (κ2) is 6.42. The molecule has 0 unspecified atom stereocenters. The topological polar surface area (TPSA) is 50.4 Å². The number of hydrogen-bond donors (Lipinski definition) is 2. The van der Waals surface area contributed by atoms with Gasteiger partial charge in [-0.2, -0.15) is 0 Å². The van der Waals surface area contributed by atoms with E-state index in [1.165, 1.54) is 30.6 Å². The van der Waals surface area contributed by atoms with E-state index in [4.69, 9.17) is 4.74 Å². The Morgan fingerprint density at radius 1 is 1.35 bits per heavy atom. The minimum Gasteiger partial charge on any atom is -0.465 e. The lowest BCUT2D eigenvalue weighted by Crippen LogP contribution is -2.20. The van der Waals surface area contributed by atoms with Crippen molar-refractivity contribution in [3.05, 3.63) is 54.1 Å². The fraction of sp³-hybridized carbons (Fsp3) is 0.235. The van der Waals surface area contributed by atoms with Crippen LogP contribution in [0.25, 0.3) is 10.4 Å². The second-order valence-corrected chi connectivity index (χ2v) is 6.43. The maximum atomic E-state index is 13.1. The summed E-state index contributed by atoms with van der Waals surface area (Å²) in [5.41, 5.74) is 1.28. The summed E-state index contributed by atoms with van der Waals surface area (Å²) in [6.07, 6.45) is 2.27. The van der Waals surface area contributed by atoms with Crippen molar-refractivity contribution in [2.45, 2.75) is 18.9 Å². The van der Waals surface area contributed by atoms with Crippen molar-refractivity contribution in [2.24, 2.45) is 0 Å². The predicted octanol–water partition coefficient (Wildman–Crippen LogP) is 3.98. The fourth-order valence-corrected chi connectivity index (χ4v) is 3.23. The van der Waals surface area contributed by atoms with Gasteiger partial charge in [0.15, 0.2) is 0 Å². The molecule has 0 aliphatic heterocycles. The van der Waals surface area contributed by atoms with Gasteiger partial charge in [-0.25, -0.2) is 9.18 Å². The van der Waals surface area contributed by atoms with Gasteiger partial charge in [0.2, 0.25) is 0 Å². The highest BCUT2D eigenvalue weighted by atomic mass is 32.1. The van der Waals surface area contributed by atoms with Gasteiger partial charge in [0.25, 0.3) is 0 Å². The number of nitrogens with one attached hydrogen (secondary N) is 2. The van der Waals surface area contributed by atoms with Crippen molar-refractivity contribution < 1.29 is 13.9 Å². The molecule has 1 aliphatic carbocycles. The summed E-state index contributed by atoms with van der Waals surface area (Å²) in [5.74, 6) is -0.0552. The number of anilines is 1. The fourth-order valence-electron chi connectivity index (χ4n) is 2.15. The van der Waals surface area contributed by atoms with Crippen LogP contribution in [-0.2, 0) is 4.74 Å². The van der Waals surface area contributed by atoms with Crippen LogP contribution in [0.5, 0.6) is 0 Å². The van der Waals surface area contributed by atoms with E-state index in [1.54, 1.807) is 18.2 Å². The van der Waals surface area contributed by atoms with Gasteiger partial charge in [-0.3, -0.25) is 0 Å². The number of carbonyl (C=O) groups excluding carboxylic acids is 1. The predicted molar refractivity (Wildman–Crippen MR) is 90.0 cm³/mol. The summed E-state index contributed by atoms with van der Waals surface area (Å²) in [6, 6.07) is 8.37. The molecule has 1 aliphatic rings. The maximum Gasteiger partial charge on any atom is 0.340 e. The Hall–Kier alpha value is -2.34. The molecule has 1 fully saturated rings. The van der Waals surface area contributed by atoms with E-state index in [-0.39, 0.29) is 5.82 Å². The Kier molecular flexibility index (Phi) is 4.34. The van der Waals surface area contributed by atoms with Crippen LogP contribution >= 0.6 is 11.3 Å². The molecule has 2 aromatic rings. The van der Waals surface area contributed by atoms with E-state index in [2.05, 4.69) is 17.2 Å². The molecule has 0 bridgehead atoms. The normalized spacial score (nSPS) is 13.5. The van der Waals surface area contributed by atoms with E-state index < -0.39 is 5.97 Å². The molecule has 120 valence electrons. The minimum absolute atomic E-state index is 0.293. The quantitative estimate of drug-likeness (QED) is 0.786. The zero-order chi connectivity index (χ0) is 16.4. The SMILES string of the molecule is C=C(Nc1sc(-c2ccc(F)cc2)cc1C(=O)OC)NC1CC1. The van der Waals surface area contributed by atoms with Crippen LogP contribution < -0.4 is 10.6 Å². The zero-order valence-electron chi connectivity index (χ0n) is 12.7. The number of ether oxygens (including phenoxy) is 1. The highest BCUT2D eigenvalue weighted by Crippen LogP contribution is 2.36. The third-order valence-corrected chi connectivity index (χ3v) is 4.59. The van der Waals surface area contributed by atoms with Gasteiger partial charge in [-0.1, -0.05) is 18.7 Å². The molecular formula is C17H17FN2O2S. The van der Waals surface area contributed by atoms with E-state index >= 15 is 0 Å². The number of esters is 1. The van der Waals surface area contributed by atoms with Crippen LogP contribution in [0.15, 0.2) is 42.7 Å². The maximum absolute atomic E-state index is 13.1. The smallest absolute Gasteiger partial charge is 0.340 e. The van der Waals surface area contributed by atoms with Crippen LogP contribution in [0.4, 0.5) is 9.39 Å². The summed E-state index contributed by atoms with van der Waals surface area (Å²) in [4.78, 5) is 12.8. The molecule has 1 saturated carbocycles. The van der Waals surface area contributed by atoms with Crippen LogP contribution in [0.1, 0.15) is 23.2 Å². The van der Waals surface area contributed by atoms with Gasteiger partial charge in [-0.15, -0.1) is 11.3 Å². The van der Waals surface area contributed by atoms with Gasteiger partial charge in [-0.05, 0) is 36.6 Å². The summed E-state index contributed by atoms with van der Waals surface area (Å²) in [7, 11) is 1.35. The molecule has 4 nitrogen and oxygen atoms in total. The van der Waals surface area contributed by atoms with Crippen LogP contribution in [0.2, 0.25) is 0 Å². The molecule has 3 rings (SSSR count). The molecular weight excluding hydrogens is 315 g/mol. The van der Waals surface area contributed by atoms with Gasteiger partial charge >= 0.3 is 5.97 Å². The molecule has 1 aromatic heterocycles. The average Bonchev–Trinajstić information content (AvgIpc) is 3.25. The van der Waals surface area contributed by atoms with E-state index in [0.29, 0.717) is 22.4 Å². The Balaban J connectivity index is 1.87. The minimum atomic E-state index is -0.420. The van der Waals surface area contributed by atoms with Crippen molar-refractivity contribution in [3.8, 4) is 10.4 Å². The summed E-state index contributed by atoms with van der Waals surface area (Å²) in [6.45, 7) is 3.93. The van der Waals surface area contributed by atoms with Gasteiger partial charge in [0.05, 0.1) is 18.5 Å². The third-order valence-electron chi connectivity index (χ3n) is 3.49. The Morgan fingerprint density at radius 3 is 2.65 bits per heavy atom. The second-order valence-electron chi connectivity index (χ2n) is 5.37. The first-order chi connectivity index (χ1) is 11.1. The van der Waals surface area contributed by atoms with E-state index in [0.717, 1.165) is 23.3 Å². The Morgan fingerprint density at radius 2 is 2.04 bits per heavy atom. The van der Waals surface area contributed by atoms with Gasteiger partial charge < -0.3 is 15.4 Å². The third kappa shape index (κ3) is 3.71. The molecule has 23 heavy (non-hydrogen) atoms. The lowest BCUT2D eigenvalue weighted by molar-refractivity contribution is 0.0602. The molecule has 1 aromatic carbocycles. The van der Waals surface area contributed by atoms with Gasteiger partial charge in [0, 0.05) is 10.9 Å². The molecule has 0 amide bonds. The van der Waals surface area contributed by atoms with Crippen LogP contribution in [-0.4, -0.2) is 19.1 Å². The largest absolute Gasteiger partial charge is 0.465 e. The number of benzene rings is 1. The summed E-state index contributed by atoms with van der Waals surface area (Å²) >= 11 is 1.40. The number of thiophene rings is 1. The summed E-state index contributed by atoms with van der Waals surface area (Å²) in [5, 5.41) is 7.04. The number of rotatable bonds is 6. The standard InChI is InChI=1S/C17H17FN2O2S/c1-10(19-13-7-8-13)20-16-14(17(21)22-2)9-15(23-16)11-3-5-12(18)6-4-11/h3-6,9,13,19-20H,1,7-8H2,2H3.